The minimum absolute atomic E-state index is 0.247. The number of aromatic amines is 1. The van der Waals surface area contributed by atoms with Crippen LogP contribution >= 0.6 is 0 Å². The van der Waals surface area contributed by atoms with Gasteiger partial charge in [-0.2, -0.15) is 0 Å². The van der Waals surface area contributed by atoms with Crippen LogP contribution in [0.3, 0.4) is 0 Å². The van der Waals surface area contributed by atoms with Crippen LogP contribution in [-0.4, -0.2) is 26.1 Å². The van der Waals surface area contributed by atoms with Crippen molar-refractivity contribution in [2.75, 3.05) is 6.61 Å². The van der Waals surface area contributed by atoms with Crippen molar-refractivity contribution >= 4 is 22.1 Å². The van der Waals surface area contributed by atoms with E-state index < -0.39 is 0 Å². The summed E-state index contributed by atoms with van der Waals surface area (Å²) >= 11 is 0. The smallest absolute Gasteiger partial charge is 0.190 e. The Morgan fingerprint density at radius 2 is 1.97 bits per heavy atom. The minimum Gasteiger partial charge on any atom is -0.485 e. The van der Waals surface area contributed by atoms with Gasteiger partial charge >= 0.3 is 0 Å². The Morgan fingerprint density at radius 3 is 2.90 bits per heavy atom. The summed E-state index contributed by atoms with van der Waals surface area (Å²) in [5.74, 6) is 2.38. The van der Waals surface area contributed by atoms with Crippen LogP contribution in [0.2, 0.25) is 0 Å². The molecule has 1 aliphatic rings. The second-order valence-corrected chi connectivity index (χ2v) is 7.20. The zero-order chi connectivity index (χ0) is 19.4. The molecule has 0 saturated carbocycles. The fraction of sp³-hybridized carbons (Fsp3) is 0.130. The highest BCUT2D eigenvalue weighted by atomic mass is 16.6. The van der Waals surface area contributed by atoms with Crippen molar-refractivity contribution in [1.29, 1.82) is 0 Å². The van der Waals surface area contributed by atoms with Crippen molar-refractivity contribution in [2.45, 2.75) is 6.10 Å². The number of fused-ring (bicyclic) bond motifs is 3. The standard InChI is InChI=1S/C23H18N4O2/c1-27-18-12-14(15-8-10-24-22-16(15)9-11-25-22)6-7-17(18)26-23(27)21-13-28-19-4-2-3-5-20(19)29-21/h2-12,21H,13H2,1H3,(H,24,25)/t21-/m1/s1. The van der Waals surface area contributed by atoms with Crippen LogP contribution in [0.4, 0.5) is 0 Å². The third kappa shape index (κ3) is 2.49. The van der Waals surface area contributed by atoms with E-state index in [2.05, 4.69) is 38.8 Å². The summed E-state index contributed by atoms with van der Waals surface area (Å²) in [5, 5.41) is 1.11. The lowest BCUT2D eigenvalue weighted by molar-refractivity contribution is 0.0835. The maximum absolute atomic E-state index is 6.17. The molecule has 0 spiro atoms. The highest BCUT2D eigenvalue weighted by molar-refractivity contribution is 5.95. The fourth-order valence-corrected chi connectivity index (χ4v) is 4.02. The van der Waals surface area contributed by atoms with Gasteiger partial charge in [0.25, 0.3) is 0 Å². The summed E-state index contributed by atoms with van der Waals surface area (Å²) < 4.78 is 14.1. The van der Waals surface area contributed by atoms with E-state index in [1.165, 1.54) is 0 Å². The predicted octanol–water partition coefficient (Wildman–Crippen LogP) is 4.63. The molecule has 0 radical (unpaired) electrons. The molecule has 1 aliphatic heterocycles. The van der Waals surface area contributed by atoms with E-state index in [0.717, 1.165) is 50.5 Å². The van der Waals surface area contributed by atoms with Gasteiger partial charge in [0.05, 0.1) is 11.0 Å². The molecule has 2 aromatic carbocycles. The molecule has 6 heteroatoms. The number of aromatic nitrogens is 4. The number of para-hydroxylation sites is 2. The van der Waals surface area contributed by atoms with Crippen LogP contribution in [0.15, 0.2) is 67.0 Å². The summed E-state index contributed by atoms with van der Waals surface area (Å²) in [6.07, 6.45) is 3.50. The maximum Gasteiger partial charge on any atom is 0.190 e. The largest absolute Gasteiger partial charge is 0.485 e. The number of hydrogen-bond donors (Lipinski definition) is 1. The van der Waals surface area contributed by atoms with Gasteiger partial charge in [-0.05, 0) is 47.5 Å². The van der Waals surface area contributed by atoms with Gasteiger partial charge in [0, 0.05) is 24.8 Å². The number of rotatable bonds is 2. The number of benzene rings is 2. The molecule has 0 amide bonds. The number of ether oxygens (including phenoxy) is 2. The number of pyridine rings is 1. The van der Waals surface area contributed by atoms with Gasteiger partial charge in [0.2, 0.25) is 0 Å². The van der Waals surface area contributed by atoms with Crippen molar-refractivity contribution in [2.24, 2.45) is 7.05 Å². The first-order valence-electron chi connectivity index (χ1n) is 9.55. The van der Waals surface area contributed by atoms with E-state index in [-0.39, 0.29) is 6.10 Å². The molecule has 5 aromatic rings. The second-order valence-electron chi connectivity index (χ2n) is 7.20. The Morgan fingerprint density at radius 1 is 1.07 bits per heavy atom. The fourth-order valence-electron chi connectivity index (χ4n) is 4.02. The van der Waals surface area contributed by atoms with E-state index in [1.807, 2.05) is 49.8 Å². The highest BCUT2D eigenvalue weighted by Gasteiger charge is 2.26. The van der Waals surface area contributed by atoms with Crippen molar-refractivity contribution in [3.8, 4) is 22.6 Å². The van der Waals surface area contributed by atoms with Gasteiger partial charge in [-0.15, -0.1) is 0 Å². The Bertz CT molecular complexity index is 1370. The molecule has 1 atom stereocenters. The van der Waals surface area contributed by atoms with Gasteiger partial charge in [0.15, 0.2) is 23.4 Å². The Kier molecular flexibility index (Phi) is 3.41. The number of imidazole rings is 1. The molecule has 0 fully saturated rings. The zero-order valence-electron chi connectivity index (χ0n) is 15.8. The molecule has 6 rings (SSSR count). The molecule has 0 aliphatic carbocycles. The van der Waals surface area contributed by atoms with Crippen molar-refractivity contribution in [3.63, 3.8) is 0 Å². The average molecular weight is 382 g/mol. The normalized spacial score (nSPS) is 15.8. The molecular formula is C23H18N4O2. The van der Waals surface area contributed by atoms with E-state index in [1.54, 1.807) is 0 Å². The van der Waals surface area contributed by atoms with Crippen molar-refractivity contribution < 1.29 is 9.47 Å². The minimum atomic E-state index is -0.247. The average Bonchev–Trinajstić information content (AvgIpc) is 3.38. The first-order chi connectivity index (χ1) is 14.3. The molecular weight excluding hydrogens is 364 g/mol. The van der Waals surface area contributed by atoms with E-state index in [0.29, 0.717) is 6.61 Å². The molecule has 29 heavy (non-hydrogen) atoms. The summed E-state index contributed by atoms with van der Waals surface area (Å²) in [6.45, 7) is 0.440. The summed E-state index contributed by atoms with van der Waals surface area (Å²) in [6, 6.07) is 18.2. The van der Waals surface area contributed by atoms with Crippen LogP contribution < -0.4 is 9.47 Å². The summed E-state index contributed by atoms with van der Waals surface area (Å²) in [7, 11) is 2.02. The predicted molar refractivity (Wildman–Crippen MR) is 111 cm³/mol. The molecule has 142 valence electrons. The van der Waals surface area contributed by atoms with E-state index >= 15 is 0 Å². The topological polar surface area (TPSA) is 65.0 Å². The van der Waals surface area contributed by atoms with E-state index in [4.69, 9.17) is 14.5 Å². The first-order valence-corrected chi connectivity index (χ1v) is 9.55. The van der Waals surface area contributed by atoms with E-state index in [9.17, 15) is 0 Å². The zero-order valence-corrected chi connectivity index (χ0v) is 15.8. The van der Waals surface area contributed by atoms with Crippen LogP contribution in [0.5, 0.6) is 11.5 Å². The molecule has 0 bridgehead atoms. The van der Waals surface area contributed by atoms with Crippen LogP contribution in [0, 0.1) is 0 Å². The molecule has 6 nitrogen and oxygen atoms in total. The third-order valence-corrected chi connectivity index (χ3v) is 5.48. The van der Waals surface area contributed by atoms with Gasteiger partial charge in [-0.3, -0.25) is 0 Å². The Labute approximate surface area is 166 Å². The number of hydrogen-bond acceptors (Lipinski definition) is 4. The molecule has 0 saturated heterocycles. The van der Waals surface area contributed by atoms with Crippen LogP contribution in [-0.2, 0) is 7.05 Å². The Balaban J connectivity index is 1.43. The molecule has 3 aromatic heterocycles. The van der Waals surface area contributed by atoms with Gasteiger partial charge in [0.1, 0.15) is 12.3 Å². The van der Waals surface area contributed by atoms with Gasteiger partial charge in [-0.1, -0.05) is 18.2 Å². The van der Waals surface area contributed by atoms with Gasteiger partial charge in [-0.25, -0.2) is 9.97 Å². The molecule has 4 heterocycles. The van der Waals surface area contributed by atoms with Crippen molar-refractivity contribution in [3.05, 3.63) is 72.8 Å². The lowest BCUT2D eigenvalue weighted by Crippen LogP contribution is -2.24. The number of nitrogens with one attached hydrogen (secondary N) is 1. The Hall–Kier alpha value is -3.80. The number of H-pyrrole nitrogens is 1. The maximum atomic E-state index is 6.17. The highest BCUT2D eigenvalue weighted by Crippen LogP contribution is 2.37. The SMILES string of the molecule is Cn1c([C@H]2COc3ccccc3O2)nc2ccc(-c3ccnc4[nH]ccc34)cc21. The van der Waals surface area contributed by atoms with Crippen LogP contribution in [0.1, 0.15) is 11.9 Å². The first kappa shape index (κ1) is 16.2. The third-order valence-electron chi connectivity index (χ3n) is 5.48. The lowest BCUT2D eigenvalue weighted by atomic mass is 10.0. The van der Waals surface area contributed by atoms with Gasteiger partial charge < -0.3 is 19.0 Å². The van der Waals surface area contributed by atoms with Crippen LogP contribution in [0.25, 0.3) is 33.2 Å². The monoisotopic (exact) mass is 382 g/mol. The second kappa shape index (κ2) is 6.10. The van der Waals surface area contributed by atoms with Crippen molar-refractivity contribution in [1.82, 2.24) is 19.5 Å². The number of aryl methyl sites for hydroxylation is 1. The summed E-state index contributed by atoms with van der Waals surface area (Å²) in [5.41, 5.74) is 5.16. The summed E-state index contributed by atoms with van der Waals surface area (Å²) in [4.78, 5) is 12.4. The molecule has 0 unspecified atom stereocenters. The number of nitrogens with zero attached hydrogens (tertiary/aromatic N) is 3. The molecule has 1 N–H and O–H groups in total. The lowest BCUT2D eigenvalue weighted by Gasteiger charge is -2.25. The quantitative estimate of drug-likeness (QED) is 0.483.